The Labute approximate surface area is 91.9 Å². The number of ether oxygens (including phenoxy) is 1. The van der Waals surface area contributed by atoms with E-state index in [-0.39, 0.29) is 6.61 Å². The monoisotopic (exact) mass is 208 g/mol. The second-order valence-electron chi connectivity index (χ2n) is 4.75. The molecule has 0 heterocycles. The van der Waals surface area contributed by atoms with Crippen LogP contribution in [0.1, 0.15) is 39.2 Å². The molecule has 0 fully saturated rings. The lowest BCUT2D eigenvalue weighted by Crippen LogP contribution is -2.32. The van der Waals surface area contributed by atoms with Crippen LogP contribution >= 0.6 is 0 Å². The third-order valence-electron chi connectivity index (χ3n) is 2.30. The highest BCUT2D eigenvalue weighted by Crippen LogP contribution is 2.23. The maximum atomic E-state index is 9.11. The van der Waals surface area contributed by atoms with Crippen LogP contribution in [0.3, 0.4) is 0 Å². The van der Waals surface area contributed by atoms with Gasteiger partial charge in [-0.2, -0.15) is 0 Å². The zero-order chi connectivity index (χ0) is 11.5. The van der Waals surface area contributed by atoms with Gasteiger partial charge in [0.2, 0.25) is 0 Å². The SMILES string of the molecule is CC(C)c1cccc(OC(C)(C)CO)c1. The highest BCUT2D eigenvalue weighted by atomic mass is 16.5. The van der Waals surface area contributed by atoms with E-state index in [9.17, 15) is 0 Å². The van der Waals surface area contributed by atoms with Gasteiger partial charge < -0.3 is 9.84 Å². The molecule has 1 rings (SSSR count). The van der Waals surface area contributed by atoms with Gasteiger partial charge in [-0.3, -0.25) is 0 Å². The summed E-state index contributed by atoms with van der Waals surface area (Å²) >= 11 is 0. The third-order valence-corrected chi connectivity index (χ3v) is 2.30. The Balaban J connectivity index is 2.82. The summed E-state index contributed by atoms with van der Waals surface area (Å²) in [4.78, 5) is 0. The molecule has 0 saturated heterocycles. The van der Waals surface area contributed by atoms with Crippen molar-refractivity contribution >= 4 is 0 Å². The summed E-state index contributed by atoms with van der Waals surface area (Å²) in [5, 5.41) is 9.11. The quantitative estimate of drug-likeness (QED) is 0.824. The Morgan fingerprint density at radius 3 is 2.53 bits per heavy atom. The molecule has 0 aromatic heterocycles. The molecule has 2 nitrogen and oxygen atoms in total. The number of aliphatic hydroxyl groups excluding tert-OH is 1. The van der Waals surface area contributed by atoms with Crippen LogP contribution in [0.25, 0.3) is 0 Å². The largest absolute Gasteiger partial charge is 0.485 e. The first kappa shape index (κ1) is 12.1. The second-order valence-corrected chi connectivity index (χ2v) is 4.75. The minimum atomic E-state index is -0.518. The number of rotatable bonds is 4. The predicted molar refractivity (Wildman–Crippen MR) is 62.3 cm³/mol. The first-order valence-electron chi connectivity index (χ1n) is 5.34. The molecule has 0 radical (unpaired) electrons. The molecule has 84 valence electrons. The molecular formula is C13H20O2. The molecule has 0 spiro atoms. The fraction of sp³-hybridized carbons (Fsp3) is 0.538. The molecule has 1 aromatic rings. The lowest BCUT2D eigenvalue weighted by atomic mass is 10.0. The minimum absolute atomic E-state index is 0.0128. The number of hydrogen-bond acceptors (Lipinski definition) is 2. The van der Waals surface area contributed by atoms with E-state index >= 15 is 0 Å². The van der Waals surface area contributed by atoms with Crippen molar-refractivity contribution in [3.63, 3.8) is 0 Å². The lowest BCUT2D eigenvalue weighted by Gasteiger charge is -2.24. The molecule has 15 heavy (non-hydrogen) atoms. The van der Waals surface area contributed by atoms with E-state index in [0.29, 0.717) is 5.92 Å². The normalized spacial score (nSPS) is 11.9. The summed E-state index contributed by atoms with van der Waals surface area (Å²) in [7, 11) is 0. The van der Waals surface area contributed by atoms with Crippen LogP contribution in [0.2, 0.25) is 0 Å². The maximum Gasteiger partial charge on any atom is 0.126 e. The molecule has 0 aliphatic rings. The molecule has 0 bridgehead atoms. The van der Waals surface area contributed by atoms with Crippen molar-refractivity contribution in [2.75, 3.05) is 6.61 Å². The summed E-state index contributed by atoms with van der Waals surface area (Å²) in [6.07, 6.45) is 0. The van der Waals surface area contributed by atoms with Gasteiger partial charge in [0.05, 0.1) is 6.61 Å². The number of benzene rings is 1. The molecule has 1 aromatic carbocycles. The minimum Gasteiger partial charge on any atom is -0.485 e. The summed E-state index contributed by atoms with van der Waals surface area (Å²) in [5.74, 6) is 1.31. The zero-order valence-electron chi connectivity index (χ0n) is 9.95. The van der Waals surface area contributed by atoms with E-state index in [2.05, 4.69) is 19.9 Å². The van der Waals surface area contributed by atoms with Crippen molar-refractivity contribution in [3.05, 3.63) is 29.8 Å². The van der Waals surface area contributed by atoms with Gasteiger partial charge in [0, 0.05) is 0 Å². The average molecular weight is 208 g/mol. The molecule has 0 saturated carbocycles. The van der Waals surface area contributed by atoms with Crippen molar-refractivity contribution in [1.82, 2.24) is 0 Å². The van der Waals surface area contributed by atoms with Crippen molar-refractivity contribution in [3.8, 4) is 5.75 Å². The molecule has 0 aliphatic carbocycles. The van der Waals surface area contributed by atoms with Crippen LogP contribution in [0, 0.1) is 0 Å². The van der Waals surface area contributed by atoms with Gasteiger partial charge in [-0.05, 0) is 37.5 Å². The van der Waals surface area contributed by atoms with E-state index in [1.165, 1.54) is 5.56 Å². The molecule has 2 heteroatoms. The molecule has 0 unspecified atom stereocenters. The molecule has 0 atom stereocenters. The fourth-order valence-electron chi connectivity index (χ4n) is 1.29. The van der Waals surface area contributed by atoms with Gasteiger partial charge in [-0.15, -0.1) is 0 Å². The van der Waals surface area contributed by atoms with Crippen LogP contribution in [-0.4, -0.2) is 17.3 Å². The number of aliphatic hydroxyl groups is 1. The molecule has 0 aliphatic heterocycles. The third kappa shape index (κ3) is 3.56. The Morgan fingerprint density at radius 1 is 1.33 bits per heavy atom. The van der Waals surface area contributed by atoms with Crippen molar-refractivity contribution in [1.29, 1.82) is 0 Å². The molecular weight excluding hydrogens is 188 g/mol. The Kier molecular flexibility index (Phi) is 3.75. The van der Waals surface area contributed by atoms with Crippen LogP contribution in [0.5, 0.6) is 5.75 Å². The van der Waals surface area contributed by atoms with E-state index < -0.39 is 5.60 Å². The van der Waals surface area contributed by atoms with E-state index in [1.54, 1.807) is 0 Å². The Hall–Kier alpha value is -1.02. The van der Waals surface area contributed by atoms with Gasteiger partial charge in [0.15, 0.2) is 0 Å². The van der Waals surface area contributed by atoms with Crippen LogP contribution in [-0.2, 0) is 0 Å². The van der Waals surface area contributed by atoms with Crippen molar-refractivity contribution < 1.29 is 9.84 Å². The Bertz CT molecular complexity index is 316. The van der Waals surface area contributed by atoms with Gasteiger partial charge in [-0.25, -0.2) is 0 Å². The molecule has 1 N–H and O–H groups in total. The standard InChI is InChI=1S/C13H20O2/c1-10(2)11-6-5-7-12(8-11)15-13(3,4)9-14/h5-8,10,14H,9H2,1-4H3. The summed E-state index contributed by atoms with van der Waals surface area (Å²) in [5.41, 5.74) is 0.733. The van der Waals surface area contributed by atoms with E-state index in [0.717, 1.165) is 5.75 Å². The smallest absolute Gasteiger partial charge is 0.126 e. The van der Waals surface area contributed by atoms with Gasteiger partial charge in [0.1, 0.15) is 11.4 Å². The van der Waals surface area contributed by atoms with E-state index in [1.807, 2.05) is 32.0 Å². The zero-order valence-corrected chi connectivity index (χ0v) is 9.95. The predicted octanol–water partition coefficient (Wildman–Crippen LogP) is 2.96. The molecule has 0 amide bonds. The summed E-state index contributed by atoms with van der Waals surface area (Å²) in [6.45, 7) is 8.05. The Morgan fingerprint density at radius 2 is 2.00 bits per heavy atom. The van der Waals surface area contributed by atoms with Gasteiger partial charge in [-0.1, -0.05) is 26.0 Å². The first-order valence-corrected chi connectivity index (χ1v) is 5.34. The highest BCUT2D eigenvalue weighted by molar-refractivity contribution is 5.30. The van der Waals surface area contributed by atoms with Gasteiger partial charge in [0.25, 0.3) is 0 Å². The van der Waals surface area contributed by atoms with Gasteiger partial charge >= 0.3 is 0 Å². The lowest BCUT2D eigenvalue weighted by molar-refractivity contribution is 0.0412. The highest BCUT2D eigenvalue weighted by Gasteiger charge is 2.18. The average Bonchev–Trinajstić information content (AvgIpc) is 2.17. The summed E-state index contributed by atoms with van der Waals surface area (Å²) in [6, 6.07) is 8.02. The van der Waals surface area contributed by atoms with E-state index in [4.69, 9.17) is 9.84 Å². The van der Waals surface area contributed by atoms with Crippen molar-refractivity contribution in [2.24, 2.45) is 0 Å². The van der Waals surface area contributed by atoms with Crippen molar-refractivity contribution in [2.45, 2.75) is 39.2 Å². The first-order chi connectivity index (χ1) is 6.94. The second kappa shape index (κ2) is 4.67. The maximum absolute atomic E-state index is 9.11. The van der Waals surface area contributed by atoms with Crippen LogP contribution in [0.4, 0.5) is 0 Å². The topological polar surface area (TPSA) is 29.5 Å². The van der Waals surface area contributed by atoms with Crippen LogP contribution in [0.15, 0.2) is 24.3 Å². The number of hydrogen-bond donors (Lipinski definition) is 1. The van der Waals surface area contributed by atoms with Crippen LogP contribution < -0.4 is 4.74 Å². The summed E-state index contributed by atoms with van der Waals surface area (Å²) < 4.78 is 5.69. The fourth-order valence-corrected chi connectivity index (χ4v) is 1.29.